The van der Waals surface area contributed by atoms with Crippen LogP contribution in [-0.2, 0) is 25.6 Å². The van der Waals surface area contributed by atoms with E-state index < -0.39 is 17.9 Å². The third kappa shape index (κ3) is 5.45. The first-order chi connectivity index (χ1) is 15.4. The average molecular weight is 435 g/mol. The molecule has 6 nitrogen and oxygen atoms in total. The van der Waals surface area contributed by atoms with Gasteiger partial charge >= 0.3 is 11.9 Å². The lowest BCUT2D eigenvalue weighted by molar-refractivity contribution is -0.139. The zero-order chi connectivity index (χ0) is 23.1. The first-order valence-corrected chi connectivity index (χ1v) is 10.6. The maximum Gasteiger partial charge on any atom is 0.336 e. The Hall–Kier alpha value is -3.38. The fourth-order valence-electron chi connectivity index (χ4n) is 3.97. The zero-order valence-corrected chi connectivity index (χ0v) is 19.1. The fraction of sp³-hybridized carbons (Fsp3) is 0.308. The highest BCUT2D eigenvalue weighted by atomic mass is 16.5. The molecule has 6 heteroatoms. The summed E-state index contributed by atoms with van der Waals surface area (Å²) in [6.45, 7) is 5.24. The van der Waals surface area contributed by atoms with Crippen LogP contribution in [0.5, 0.6) is 0 Å². The van der Waals surface area contributed by atoms with Crippen molar-refractivity contribution in [3.05, 3.63) is 94.3 Å². The summed E-state index contributed by atoms with van der Waals surface area (Å²) in [4.78, 5) is 27.9. The van der Waals surface area contributed by atoms with Crippen LogP contribution < -0.4 is 5.32 Å². The summed E-state index contributed by atoms with van der Waals surface area (Å²) in [7, 11) is 3.33. The lowest BCUT2D eigenvalue weighted by atomic mass is 9.80. The van der Waals surface area contributed by atoms with Gasteiger partial charge in [0.2, 0.25) is 0 Å². The molecular weight excluding hydrogens is 404 g/mol. The van der Waals surface area contributed by atoms with Crippen molar-refractivity contribution in [2.75, 3.05) is 27.3 Å². The largest absolute Gasteiger partial charge is 0.466 e. The lowest BCUT2D eigenvalue weighted by Crippen LogP contribution is -2.33. The molecule has 0 saturated heterocycles. The van der Waals surface area contributed by atoms with Crippen LogP contribution >= 0.6 is 0 Å². The quantitative estimate of drug-likeness (QED) is 0.638. The molecule has 1 atom stereocenters. The molecule has 0 radical (unpaired) electrons. The molecule has 168 valence electrons. The Morgan fingerprint density at radius 1 is 0.906 bits per heavy atom. The number of allylic oxidation sites excluding steroid dienone is 2. The molecular formula is C26H30N2O4. The van der Waals surface area contributed by atoms with Crippen LogP contribution in [0.3, 0.4) is 0 Å². The number of esters is 2. The maximum atomic E-state index is 13.2. The molecule has 0 spiro atoms. The number of hydrogen-bond acceptors (Lipinski definition) is 6. The Morgan fingerprint density at radius 3 is 2.06 bits per heavy atom. The maximum absolute atomic E-state index is 13.2. The SMILES string of the molecule is COC(=O)C1=C(C)NC(C)=C(C(=O)OCCN(C)Cc2ccccc2)C1c1ccccc1. The van der Waals surface area contributed by atoms with Gasteiger partial charge in [0.1, 0.15) is 6.61 Å². The number of nitrogens with zero attached hydrogens (tertiary/aromatic N) is 1. The predicted octanol–water partition coefficient (Wildman–Crippen LogP) is 3.77. The van der Waals surface area contributed by atoms with E-state index in [2.05, 4.69) is 22.3 Å². The van der Waals surface area contributed by atoms with Gasteiger partial charge in [-0.05, 0) is 32.0 Å². The first kappa shape index (κ1) is 23.3. The number of carbonyl (C=O) groups is 2. The van der Waals surface area contributed by atoms with Crippen LogP contribution in [-0.4, -0.2) is 44.1 Å². The van der Waals surface area contributed by atoms with E-state index in [0.29, 0.717) is 29.1 Å². The number of nitrogens with one attached hydrogen (secondary N) is 1. The number of methoxy groups -OCH3 is 1. The Bertz CT molecular complexity index is 1010. The van der Waals surface area contributed by atoms with E-state index in [1.54, 1.807) is 0 Å². The van der Waals surface area contributed by atoms with Gasteiger partial charge in [-0.2, -0.15) is 0 Å². The topological polar surface area (TPSA) is 67.9 Å². The van der Waals surface area contributed by atoms with Crippen LogP contribution in [0.15, 0.2) is 83.2 Å². The van der Waals surface area contributed by atoms with Gasteiger partial charge in [0, 0.05) is 24.5 Å². The van der Waals surface area contributed by atoms with Crippen LogP contribution in [0.25, 0.3) is 0 Å². The van der Waals surface area contributed by atoms with Crippen molar-refractivity contribution in [2.24, 2.45) is 0 Å². The highest BCUT2D eigenvalue weighted by Gasteiger charge is 2.37. The summed E-state index contributed by atoms with van der Waals surface area (Å²) in [6.07, 6.45) is 0. The first-order valence-electron chi connectivity index (χ1n) is 10.6. The molecule has 0 saturated carbocycles. The minimum absolute atomic E-state index is 0.247. The highest BCUT2D eigenvalue weighted by molar-refractivity contribution is 5.99. The normalized spacial score (nSPS) is 16.1. The monoisotopic (exact) mass is 434 g/mol. The number of carbonyl (C=O) groups excluding carboxylic acids is 2. The molecule has 1 aliphatic rings. The Kier molecular flexibility index (Phi) is 7.84. The summed E-state index contributed by atoms with van der Waals surface area (Å²) in [5.74, 6) is -1.46. The van der Waals surface area contributed by atoms with Gasteiger partial charge in [-0.25, -0.2) is 9.59 Å². The molecule has 0 fully saturated rings. The molecule has 1 unspecified atom stereocenters. The number of ether oxygens (including phenoxy) is 2. The van der Waals surface area contributed by atoms with Gasteiger partial charge in [-0.1, -0.05) is 60.7 Å². The second kappa shape index (κ2) is 10.8. The standard InChI is InChI=1S/C26H30N2O4/c1-18-22(25(29)31-4)24(21-13-9-6-10-14-21)23(19(2)27-18)26(30)32-16-15-28(3)17-20-11-7-5-8-12-20/h5-14,24,27H,15-17H2,1-4H3. The summed E-state index contributed by atoms with van der Waals surface area (Å²) < 4.78 is 10.7. The minimum Gasteiger partial charge on any atom is -0.466 e. The van der Waals surface area contributed by atoms with E-state index in [0.717, 1.165) is 12.1 Å². The van der Waals surface area contributed by atoms with Crippen LogP contribution in [0.4, 0.5) is 0 Å². The van der Waals surface area contributed by atoms with E-state index in [4.69, 9.17) is 9.47 Å². The van der Waals surface area contributed by atoms with Crippen molar-refractivity contribution in [3.8, 4) is 0 Å². The molecule has 1 N–H and O–H groups in total. The molecule has 1 aliphatic heterocycles. The molecule has 32 heavy (non-hydrogen) atoms. The second-order valence-electron chi connectivity index (χ2n) is 7.90. The summed E-state index contributed by atoms with van der Waals surface area (Å²) in [5.41, 5.74) is 4.21. The Labute approximate surface area is 189 Å². The van der Waals surface area contributed by atoms with Crippen molar-refractivity contribution in [2.45, 2.75) is 26.3 Å². The van der Waals surface area contributed by atoms with E-state index in [-0.39, 0.29) is 6.61 Å². The number of rotatable bonds is 8. The molecule has 0 bridgehead atoms. The van der Waals surface area contributed by atoms with Crippen LogP contribution in [0, 0.1) is 0 Å². The van der Waals surface area contributed by atoms with Crippen molar-refractivity contribution in [1.82, 2.24) is 10.2 Å². The van der Waals surface area contributed by atoms with Gasteiger partial charge in [-0.15, -0.1) is 0 Å². The molecule has 0 aromatic heterocycles. The third-order valence-corrected chi connectivity index (χ3v) is 5.52. The highest BCUT2D eigenvalue weighted by Crippen LogP contribution is 2.39. The predicted molar refractivity (Wildman–Crippen MR) is 123 cm³/mol. The molecule has 2 aromatic carbocycles. The number of likely N-dealkylation sites (N-methyl/N-ethyl adjacent to an activating group) is 1. The van der Waals surface area contributed by atoms with E-state index in [9.17, 15) is 9.59 Å². The zero-order valence-electron chi connectivity index (χ0n) is 19.1. The summed E-state index contributed by atoms with van der Waals surface area (Å²) in [6, 6.07) is 19.6. The molecule has 0 aliphatic carbocycles. The fourth-order valence-corrected chi connectivity index (χ4v) is 3.97. The molecule has 3 rings (SSSR count). The molecule has 0 amide bonds. The van der Waals surface area contributed by atoms with Gasteiger partial charge in [0.25, 0.3) is 0 Å². The van der Waals surface area contributed by atoms with Crippen molar-refractivity contribution < 1.29 is 19.1 Å². The van der Waals surface area contributed by atoms with Crippen molar-refractivity contribution >= 4 is 11.9 Å². The van der Waals surface area contributed by atoms with Crippen LogP contribution in [0.1, 0.15) is 30.9 Å². The van der Waals surface area contributed by atoms with Crippen LogP contribution in [0.2, 0.25) is 0 Å². The molecule has 2 aromatic rings. The Morgan fingerprint density at radius 2 is 1.47 bits per heavy atom. The van der Waals surface area contributed by atoms with Gasteiger partial charge in [-0.3, -0.25) is 4.90 Å². The average Bonchev–Trinajstić information content (AvgIpc) is 2.79. The van der Waals surface area contributed by atoms with Gasteiger partial charge in [0.05, 0.1) is 24.2 Å². The van der Waals surface area contributed by atoms with Gasteiger partial charge in [0.15, 0.2) is 0 Å². The van der Waals surface area contributed by atoms with Gasteiger partial charge < -0.3 is 14.8 Å². The van der Waals surface area contributed by atoms with E-state index >= 15 is 0 Å². The Balaban J connectivity index is 1.75. The number of dihydropyridines is 1. The second-order valence-corrected chi connectivity index (χ2v) is 7.90. The number of hydrogen-bond donors (Lipinski definition) is 1. The third-order valence-electron chi connectivity index (χ3n) is 5.52. The number of benzene rings is 2. The van der Waals surface area contributed by atoms with E-state index in [1.807, 2.05) is 69.4 Å². The lowest BCUT2D eigenvalue weighted by Gasteiger charge is -2.30. The van der Waals surface area contributed by atoms with Crippen molar-refractivity contribution in [3.63, 3.8) is 0 Å². The smallest absolute Gasteiger partial charge is 0.336 e. The summed E-state index contributed by atoms with van der Waals surface area (Å²) in [5, 5.41) is 3.15. The molecule has 1 heterocycles. The summed E-state index contributed by atoms with van der Waals surface area (Å²) >= 11 is 0. The van der Waals surface area contributed by atoms with Crippen molar-refractivity contribution in [1.29, 1.82) is 0 Å². The minimum atomic E-state index is -0.556. The van der Waals surface area contributed by atoms with E-state index in [1.165, 1.54) is 12.7 Å².